The third kappa shape index (κ3) is 7.77. The number of hydrogen-bond donors (Lipinski definition) is 3. The van der Waals surface area contributed by atoms with Crippen molar-refractivity contribution in [1.29, 1.82) is 0 Å². The Balaban J connectivity index is 0.000000195. The van der Waals surface area contributed by atoms with Crippen molar-refractivity contribution in [3.05, 3.63) is 143 Å². The Kier molecular flexibility index (Phi) is 10.1. The molecule has 0 saturated carbocycles. The van der Waals surface area contributed by atoms with Crippen LogP contribution in [0.25, 0.3) is 11.4 Å². The van der Waals surface area contributed by atoms with Crippen LogP contribution in [0, 0.1) is 11.6 Å². The number of ether oxygens (including phenoxy) is 2. The van der Waals surface area contributed by atoms with Crippen LogP contribution in [0.5, 0.6) is 11.5 Å². The second-order valence-corrected chi connectivity index (χ2v) is 10.3. The van der Waals surface area contributed by atoms with Crippen LogP contribution < -0.4 is 16.2 Å². The van der Waals surface area contributed by atoms with Gasteiger partial charge in [-0.05, 0) is 72.8 Å². The van der Waals surface area contributed by atoms with E-state index in [1.807, 2.05) is 0 Å². The second kappa shape index (κ2) is 14.7. The fraction of sp³-hybridized carbons (Fsp3) is 0.0571. The zero-order valence-electron chi connectivity index (χ0n) is 25.8. The first-order valence-corrected chi connectivity index (χ1v) is 14.4. The number of hydrogen-bond acceptors (Lipinski definition) is 10. The lowest BCUT2D eigenvalue weighted by Gasteiger charge is -2.07. The number of esters is 1. The number of ketones is 2. The van der Waals surface area contributed by atoms with Crippen LogP contribution in [0.1, 0.15) is 31.8 Å². The Morgan fingerprint density at radius 2 is 1.18 bits per heavy atom. The zero-order valence-corrected chi connectivity index (χ0v) is 25.8. The summed E-state index contributed by atoms with van der Waals surface area (Å²) in [6, 6.07) is 23.5. The van der Waals surface area contributed by atoms with E-state index in [1.165, 1.54) is 95.6 Å². The van der Waals surface area contributed by atoms with Crippen LogP contribution in [0.4, 0.5) is 20.4 Å². The number of rotatable bonds is 9. The van der Waals surface area contributed by atoms with Gasteiger partial charge in [0.1, 0.15) is 34.8 Å². The molecule has 14 heteroatoms. The molecule has 12 nitrogen and oxygen atoms in total. The lowest BCUT2D eigenvalue weighted by Crippen LogP contribution is -2.13. The van der Waals surface area contributed by atoms with E-state index in [9.17, 15) is 28.3 Å². The summed E-state index contributed by atoms with van der Waals surface area (Å²) in [5, 5.41) is 17.6. The Morgan fingerprint density at radius 3 is 1.65 bits per heavy atom. The van der Waals surface area contributed by atoms with Gasteiger partial charge in [-0.2, -0.15) is 10.2 Å². The predicted molar refractivity (Wildman–Crippen MR) is 175 cm³/mol. The predicted octanol–water partition coefficient (Wildman–Crippen LogP) is 4.91. The molecular weight excluding hydrogens is 638 g/mol. The number of halogens is 2. The number of phenols is 1. The molecule has 5 N–H and O–H groups in total. The fourth-order valence-corrected chi connectivity index (χ4v) is 4.53. The molecule has 6 aromatic rings. The molecule has 0 unspecified atom stereocenters. The Labute approximate surface area is 277 Å². The largest absolute Gasteiger partial charge is 0.508 e. The van der Waals surface area contributed by atoms with E-state index in [0.29, 0.717) is 28.3 Å². The van der Waals surface area contributed by atoms with Gasteiger partial charge in [0.05, 0.1) is 42.0 Å². The minimum atomic E-state index is -0.531. The summed E-state index contributed by atoms with van der Waals surface area (Å²) < 4.78 is 38.5. The molecule has 49 heavy (non-hydrogen) atoms. The number of methoxy groups -OCH3 is 1. The molecule has 0 radical (unpaired) electrons. The number of carbonyl (C=O) groups excluding carboxylic acids is 3. The van der Waals surface area contributed by atoms with E-state index >= 15 is 0 Å². The summed E-state index contributed by atoms with van der Waals surface area (Å²) in [5.41, 5.74) is 14.2. The monoisotopic (exact) mass is 666 g/mol. The fourth-order valence-electron chi connectivity index (χ4n) is 4.53. The van der Waals surface area contributed by atoms with Gasteiger partial charge in [0.25, 0.3) is 0 Å². The van der Waals surface area contributed by atoms with Gasteiger partial charge in [-0.1, -0.05) is 24.3 Å². The van der Waals surface area contributed by atoms with Crippen molar-refractivity contribution in [2.24, 2.45) is 0 Å². The number of benzene rings is 4. The molecule has 248 valence electrons. The van der Waals surface area contributed by atoms with Gasteiger partial charge in [0.2, 0.25) is 0 Å². The second-order valence-electron chi connectivity index (χ2n) is 10.3. The molecule has 0 saturated heterocycles. The minimum absolute atomic E-state index is 0.00431. The van der Waals surface area contributed by atoms with Gasteiger partial charge in [-0.15, -0.1) is 0 Å². The van der Waals surface area contributed by atoms with Crippen molar-refractivity contribution in [2.45, 2.75) is 0 Å². The summed E-state index contributed by atoms with van der Waals surface area (Å²) in [7, 11) is 1.26. The lowest BCUT2D eigenvalue weighted by atomic mass is 10.1. The average Bonchev–Trinajstić information content (AvgIpc) is 3.69. The lowest BCUT2D eigenvalue weighted by molar-refractivity contribution is -0.142. The van der Waals surface area contributed by atoms with Crippen LogP contribution in [-0.4, -0.2) is 55.9 Å². The normalized spacial score (nSPS) is 10.5. The highest BCUT2D eigenvalue weighted by atomic mass is 19.1. The molecule has 0 aliphatic heterocycles. The van der Waals surface area contributed by atoms with Gasteiger partial charge in [-0.25, -0.2) is 22.9 Å². The van der Waals surface area contributed by atoms with Crippen molar-refractivity contribution in [3.63, 3.8) is 0 Å². The molecule has 0 aliphatic rings. The molecule has 6 rings (SSSR count). The summed E-state index contributed by atoms with van der Waals surface area (Å²) in [6.45, 7) is -0.265. The Hall–Kier alpha value is -6.83. The van der Waals surface area contributed by atoms with E-state index in [2.05, 4.69) is 14.9 Å². The first kappa shape index (κ1) is 33.5. The van der Waals surface area contributed by atoms with E-state index in [4.69, 9.17) is 16.2 Å². The molecule has 2 heterocycles. The highest BCUT2D eigenvalue weighted by Gasteiger charge is 2.20. The van der Waals surface area contributed by atoms with Crippen molar-refractivity contribution < 1.29 is 37.7 Å². The highest BCUT2D eigenvalue weighted by Crippen LogP contribution is 2.24. The first-order chi connectivity index (χ1) is 23.5. The number of carbonyl (C=O) groups is 3. The maximum Gasteiger partial charge on any atom is 0.343 e. The summed E-state index contributed by atoms with van der Waals surface area (Å²) in [5.74, 6) is -1.36. The Morgan fingerprint density at radius 1 is 0.714 bits per heavy atom. The number of nitrogens with two attached hydrogens (primary N) is 2. The SMILES string of the molecule is COC(=O)COc1cccc(C(=O)c2cnn(-c3ccc(F)cc3)c2N)c1.Nc1c(C(=O)c2cccc(O)c2)cnn1-c1ccc(F)cc1. The molecule has 4 aromatic carbocycles. The van der Waals surface area contributed by atoms with Crippen LogP contribution in [-0.2, 0) is 9.53 Å². The van der Waals surface area contributed by atoms with Crippen molar-refractivity contribution in [3.8, 4) is 22.9 Å². The summed E-state index contributed by atoms with van der Waals surface area (Å²) >= 11 is 0. The van der Waals surface area contributed by atoms with Gasteiger partial charge in [-0.3, -0.25) is 9.59 Å². The molecule has 0 amide bonds. The van der Waals surface area contributed by atoms with Gasteiger partial charge < -0.3 is 26.0 Å². The molecule has 0 bridgehead atoms. The van der Waals surface area contributed by atoms with Crippen LogP contribution >= 0.6 is 0 Å². The number of nitrogen functional groups attached to an aromatic ring is 2. The van der Waals surface area contributed by atoms with Crippen molar-refractivity contribution in [2.75, 3.05) is 25.2 Å². The minimum Gasteiger partial charge on any atom is -0.508 e. The van der Waals surface area contributed by atoms with E-state index in [-0.39, 0.29) is 58.3 Å². The number of phenolic OH excluding ortho intramolecular Hbond substituents is 1. The number of nitrogens with zero attached hydrogens (tertiary/aromatic N) is 4. The smallest absolute Gasteiger partial charge is 0.343 e. The zero-order chi connectivity index (χ0) is 35.1. The van der Waals surface area contributed by atoms with Crippen LogP contribution in [0.3, 0.4) is 0 Å². The summed E-state index contributed by atoms with van der Waals surface area (Å²) in [4.78, 5) is 36.3. The molecular formula is C35H28F2N6O6. The van der Waals surface area contributed by atoms with Crippen molar-refractivity contribution in [1.82, 2.24) is 19.6 Å². The van der Waals surface area contributed by atoms with Crippen LogP contribution in [0.15, 0.2) is 109 Å². The molecule has 0 fully saturated rings. The van der Waals surface area contributed by atoms with E-state index in [1.54, 1.807) is 30.3 Å². The molecule has 0 spiro atoms. The average molecular weight is 667 g/mol. The third-order valence-corrected chi connectivity index (χ3v) is 7.03. The number of aromatic hydroxyl groups is 1. The topological polar surface area (TPSA) is 178 Å². The maximum atomic E-state index is 13.1. The first-order valence-electron chi connectivity index (χ1n) is 14.4. The number of aromatic nitrogens is 4. The molecule has 0 aliphatic carbocycles. The van der Waals surface area contributed by atoms with Gasteiger partial charge in [0.15, 0.2) is 18.2 Å². The van der Waals surface area contributed by atoms with E-state index in [0.717, 1.165) is 0 Å². The summed E-state index contributed by atoms with van der Waals surface area (Å²) in [6.07, 6.45) is 2.70. The molecule has 2 aromatic heterocycles. The van der Waals surface area contributed by atoms with Gasteiger partial charge >= 0.3 is 5.97 Å². The quantitative estimate of drug-likeness (QED) is 0.142. The van der Waals surface area contributed by atoms with E-state index < -0.39 is 5.97 Å². The highest BCUT2D eigenvalue weighted by molar-refractivity contribution is 6.12. The van der Waals surface area contributed by atoms with Gasteiger partial charge in [0, 0.05) is 11.1 Å². The van der Waals surface area contributed by atoms with Crippen molar-refractivity contribution >= 4 is 29.2 Å². The molecule has 0 atom stereocenters. The maximum absolute atomic E-state index is 13.1. The standard InChI is InChI=1S/C19H16FN3O4.C16H12FN3O2/c1-26-17(24)11-27-15-4-2-3-12(9-15)18(25)16-10-22-23(19(16)21)14-7-5-13(20)6-8-14;17-11-4-6-12(7-5-11)20-16(18)14(9-19-20)15(22)10-2-1-3-13(21)8-10/h2-10H,11,21H2,1H3;1-9,21H,18H2. The Bertz CT molecular complexity index is 2130. The third-order valence-electron chi connectivity index (χ3n) is 7.03. The van der Waals surface area contributed by atoms with Crippen LogP contribution in [0.2, 0.25) is 0 Å². The number of anilines is 2.